The Morgan fingerprint density at radius 2 is 1.33 bits per heavy atom. The van der Waals surface area contributed by atoms with E-state index < -0.39 is 38.6 Å². The molecule has 0 aromatic carbocycles. The number of carboxylic acids is 1. The number of aliphatic carboxylic acids is 1. The first-order chi connectivity index (χ1) is 15.7. The summed E-state index contributed by atoms with van der Waals surface area (Å²) in [7, 11) is -4.53. The maximum atomic E-state index is 11.8. The molecule has 0 saturated carbocycles. The van der Waals surface area contributed by atoms with Crippen LogP contribution >= 0.6 is 7.82 Å². The van der Waals surface area contributed by atoms with Crippen molar-refractivity contribution < 1.29 is 38.3 Å². The number of rotatable bonds is 24. The first-order valence-corrected chi connectivity index (χ1v) is 14.1. The molecular formula is C23H48NO8P. The predicted octanol–water partition coefficient (Wildman–Crippen LogP) is 4.78. The summed E-state index contributed by atoms with van der Waals surface area (Å²) in [6, 6.07) is -1.47. The second kappa shape index (κ2) is 20.8. The minimum atomic E-state index is -4.53. The van der Waals surface area contributed by atoms with Gasteiger partial charge < -0.3 is 25.6 Å². The molecule has 0 aliphatic rings. The first-order valence-electron chi connectivity index (χ1n) is 12.6. The van der Waals surface area contributed by atoms with Crippen LogP contribution in [0.2, 0.25) is 0 Å². The fourth-order valence-electron chi connectivity index (χ4n) is 3.35. The molecule has 0 aliphatic heterocycles. The number of unbranched alkanes of at least 4 members (excludes halogenated alkanes) is 13. The van der Waals surface area contributed by atoms with E-state index in [9.17, 15) is 19.4 Å². The molecule has 5 N–H and O–H groups in total. The maximum Gasteiger partial charge on any atom is 0.472 e. The zero-order chi connectivity index (χ0) is 25.0. The predicted molar refractivity (Wildman–Crippen MR) is 129 cm³/mol. The third-order valence-electron chi connectivity index (χ3n) is 5.47. The van der Waals surface area contributed by atoms with Crippen molar-refractivity contribution >= 4 is 13.8 Å². The monoisotopic (exact) mass is 497 g/mol. The Balaban J connectivity index is 3.52. The SMILES string of the molecule is CCCCCCCCCCCCCCCCOC[C@H](O)COP(=O)(O)O[C@H](C)[C@H](N)C(=O)O. The largest absolute Gasteiger partial charge is 0.480 e. The third kappa shape index (κ3) is 20.5. The lowest BCUT2D eigenvalue weighted by Gasteiger charge is -2.21. The van der Waals surface area contributed by atoms with Crippen LogP contribution in [-0.4, -0.2) is 59.1 Å². The van der Waals surface area contributed by atoms with Crippen molar-refractivity contribution in [3.8, 4) is 0 Å². The van der Waals surface area contributed by atoms with Crippen LogP contribution in [0.1, 0.15) is 104 Å². The average molecular weight is 498 g/mol. The van der Waals surface area contributed by atoms with Crippen molar-refractivity contribution in [2.24, 2.45) is 5.73 Å². The van der Waals surface area contributed by atoms with Gasteiger partial charge in [-0.3, -0.25) is 13.8 Å². The van der Waals surface area contributed by atoms with Crippen LogP contribution in [0.15, 0.2) is 0 Å². The number of carboxylic acid groups (broad SMARTS) is 1. The number of hydrogen-bond donors (Lipinski definition) is 4. The van der Waals surface area contributed by atoms with Crippen LogP contribution < -0.4 is 5.73 Å². The number of aliphatic hydroxyl groups is 1. The van der Waals surface area contributed by atoms with Crippen LogP contribution in [-0.2, 0) is 23.1 Å². The van der Waals surface area contributed by atoms with E-state index in [-0.39, 0.29) is 6.61 Å². The molecule has 0 bridgehead atoms. The molecule has 0 aromatic heterocycles. The fraction of sp³-hybridized carbons (Fsp3) is 0.957. The minimum Gasteiger partial charge on any atom is -0.480 e. The van der Waals surface area contributed by atoms with Gasteiger partial charge in [0.05, 0.1) is 19.3 Å². The van der Waals surface area contributed by atoms with E-state index >= 15 is 0 Å². The lowest BCUT2D eigenvalue weighted by Crippen LogP contribution is -2.41. The summed E-state index contributed by atoms with van der Waals surface area (Å²) in [5.74, 6) is -1.36. The zero-order valence-electron chi connectivity index (χ0n) is 20.7. The number of ether oxygens (including phenoxy) is 1. The molecular weight excluding hydrogens is 449 g/mol. The van der Waals surface area contributed by atoms with Gasteiger partial charge >= 0.3 is 13.8 Å². The van der Waals surface area contributed by atoms with E-state index in [0.717, 1.165) is 12.8 Å². The van der Waals surface area contributed by atoms with E-state index in [4.69, 9.17) is 15.6 Å². The quantitative estimate of drug-likeness (QED) is 0.109. The summed E-state index contributed by atoms with van der Waals surface area (Å²) < 4.78 is 26.5. The van der Waals surface area contributed by atoms with Crippen LogP contribution in [0.4, 0.5) is 0 Å². The smallest absolute Gasteiger partial charge is 0.472 e. The van der Waals surface area contributed by atoms with Crippen molar-refractivity contribution in [1.29, 1.82) is 0 Å². The van der Waals surface area contributed by atoms with Gasteiger partial charge in [0.25, 0.3) is 0 Å². The topological polar surface area (TPSA) is 149 Å². The molecule has 1 unspecified atom stereocenters. The summed E-state index contributed by atoms with van der Waals surface area (Å²) in [5.41, 5.74) is 5.32. The molecule has 0 heterocycles. The standard InChI is InChI=1S/C23H48NO8P/c1-3-4-5-6-7-8-9-10-11-12-13-14-15-16-17-30-18-21(25)19-31-33(28,29)32-20(2)22(24)23(26)27/h20-22,25H,3-19,24H2,1-2H3,(H,26,27)(H,28,29)/t20-,21+,22+/m1/s1. The molecule has 0 aliphatic carbocycles. The molecule has 33 heavy (non-hydrogen) atoms. The Hall–Kier alpha value is -0.540. The van der Waals surface area contributed by atoms with Crippen molar-refractivity contribution in [2.45, 2.75) is 122 Å². The normalized spacial score (nSPS) is 16.3. The van der Waals surface area contributed by atoms with E-state index in [1.165, 1.54) is 84.0 Å². The third-order valence-corrected chi connectivity index (χ3v) is 6.55. The number of phosphoric acid groups is 1. The number of phosphoric ester groups is 1. The van der Waals surface area contributed by atoms with Crippen LogP contribution in [0.25, 0.3) is 0 Å². The molecule has 0 amide bonds. The maximum absolute atomic E-state index is 11.8. The highest BCUT2D eigenvalue weighted by atomic mass is 31.2. The molecule has 0 radical (unpaired) electrons. The minimum absolute atomic E-state index is 0.0252. The number of carbonyl (C=O) groups is 1. The summed E-state index contributed by atoms with van der Waals surface area (Å²) in [5, 5.41) is 18.6. The molecule has 0 rings (SSSR count). The highest BCUT2D eigenvalue weighted by Crippen LogP contribution is 2.44. The molecule has 0 spiro atoms. The molecule has 0 aromatic rings. The van der Waals surface area contributed by atoms with E-state index in [1.807, 2.05) is 0 Å². The Kier molecular flexibility index (Phi) is 20.5. The highest BCUT2D eigenvalue weighted by Gasteiger charge is 2.31. The average Bonchev–Trinajstić information content (AvgIpc) is 2.76. The Morgan fingerprint density at radius 1 is 0.879 bits per heavy atom. The fourth-order valence-corrected chi connectivity index (χ4v) is 4.33. The molecule has 10 heteroatoms. The Morgan fingerprint density at radius 3 is 1.79 bits per heavy atom. The van der Waals surface area contributed by atoms with E-state index in [2.05, 4.69) is 16.0 Å². The Bertz CT molecular complexity index is 523. The van der Waals surface area contributed by atoms with Crippen molar-refractivity contribution in [2.75, 3.05) is 19.8 Å². The van der Waals surface area contributed by atoms with Crippen LogP contribution in [0.5, 0.6) is 0 Å². The van der Waals surface area contributed by atoms with Crippen molar-refractivity contribution in [3.05, 3.63) is 0 Å². The highest BCUT2D eigenvalue weighted by molar-refractivity contribution is 7.47. The molecule has 4 atom stereocenters. The van der Waals surface area contributed by atoms with Gasteiger partial charge in [0.15, 0.2) is 0 Å². The van der Waals surface area contributed by atoms with Gasteiger partial charge in [-0.25, -0.2) is 4.57 Å². The van der Waals surface area contributed by atoms with Crippen LogP contribution in [0, 0.1) is 0 Å². The molecule has 0 fully saturated rings. The number of nitrogens with two attached hydrogens (primary N) is 1. The second-order valence-electron chi connectivity index (χ2n) is 8.76. The summed E-state index contributed by atoms with van der Waals surface area (Å²) in [4.78, 5) is 20.3. The van der Waals surface area contributed by atoms with Gasteiger partial charge in [0, 0.05) is 6.61 Å². The first kappa shape index (κ1) is 32.5. The van der Waals surface area contributed by atoms with Gasteiger partial charge in [-0.05, 0) is 13.3 Å². The number of hydrogen-bond acceptors (Lipinski definition) is 7. The Labute approximate surface area is 200 Å². The van der Waals surface area contributed by atoms with E-state index in [1.54, 1.807) is 0 Å². The van der Waals surface area contributed by atoms with Crippen molar-refractivity contribution in [3.63, 3.8) is 0 Å². The summed E-state index contributed by atoms with van der Waals surface area (Å²) in [6.07, 6.45) is 15.6. The lowest BCUT2D eigenvalue weighted by atomic mass is 10.0. The molecule has 198 valence electrons. The van der Waals surface area contributed by atoms with Gasteiger partial charge in [-0.1, -0.05) is 90.4 Å². The number of aliphatic hydroxyl groups excluding tert-OH is 1. The van der Waals surface area contributed by atoms with Gasteiger partial charge in [-0.15, -0.1) is 0 Å². The zero-order valence-corrected chi connectivity index (χ0v) is 21.6. The van der Waals surface area contributed by atoms with Crippen molar-refractivity contribution in [1.82, 2.24) is 0 Å². The van der Waals surface area contributed by atoms with E-state index in [0.29, 0.717) is 6.61 Å². The van der Waals surface area contributed by atoms with Gasteiger partial charge in [0.1, 0.15) is 12.1 Å². The lowest BCUT2D eigenvalue weighted by molar-refractivity contribution is -0.140. The second-order valence-corrected chi connectivity index (χ2v) is 10.2. The molecule has 9 nitrogen and oxygen atoms in total. The summed E-state index contributed by atoms with van der Waals surface area (Å²) in [6.45, 7) is 3.51. The van der Waals surface area contributed by atoms with Gasteiger partial charge in [0.2, 0.25) is 0 Å². The van der Waals surface area contributed by atoms with Crippen LogP contribution in [0.3, 0.4) is 0 Å². The summed E-state index contributed by atoms with van der Waals surface area (Å²) >= 11 is 0. The molecule has 0 saturated heterocycles. The van der Waals surface area contributed by atoms with Gasteiger partial charge in [-0.2, -0.15) is 0 Å².